The summed E-state index contributed by atoms with van der Waals surface area (Å²) in [5.41, 5.74) is 2.79. The fraction of sp³-hybridized carbons (Fsp3) is 0.467. The summed E-state index contributed by atoms with van der Waals surface area (Å²) in [7, 11) is 0. The first-order chi connectivity index (χ1) is 8.31. The van der Waals surface area contributed by atoms with Crippen LogP contribution in [-0.2, 0) is 6.54 Å². The fourth-order valence-corrected chi connectivity index (χ4v) is 2.28. The summed E-state index contributed by atoms with van der Waals surface area (Å²) in [5, 5.41) is 3.47. The third kappa shape index (κ3) is 3.10. The largest absolute Gasteiger partial charge is 0.371 e. The van der Waals surface area contributed by atoms with Crippen LogP contribution in [0.1, 0.15) is 25.3 Å². The monoisotopic (exact) mass is 230 g/mol. The number of benzene rings is 1. The number of hydrogen-bond acceptors (Lipinski definition) is 2. The topological polar surface area (TPSA) is 15.3 Å². The normalized spacial score (nSPS) is 17.1. The lowest BCUT2D eigenvalue weighted by Gasteiger charge is -2.22. The Bertz CT molecular complexity index is 367. The molecule has 0 bridgehead atoms. The van der Waals surface area contributed by atoms with E-state index in [4.69, 9.17) is 0 Å². The highest BCUT2D eigenvalue weighted by Crippen LogP contribution is 2.24. The molecule has 0 aliphatic carbocycles. The summed E-state index contributed by atoms with van der Waals surface area (Å²) in [4.78, 5) is 2.50. The predicted octanol–water partition coefficient (Wildman–Crippen LogP) is 2.95. The van der Waals surface area contributed by atoms with Crippen molar-refractivity contribution in [1.82, 2.24) is 5.32 Å². The van der Waals surface area contributed by atoms with E-state index in [0.717, 1.165) is 6.54 Å². The van der Waals surface area contributed by atoms with Gasteiger partial charge in [0.15, 0.2) is 0 Å². The highest BCUT2D eigenvalue weighted by Gasteiger charge is 2.14. The van der Waals surface area contributed by atoms with E-state index in [1.54, 1.807) is 0 Å². The van der Waals surface area contributed by atoms with Crippen LogP contribution in [0.25, 0.3) is 0 Å². The van der Waals surface area contributed by atoms with E-state index in [2.05, 4.69) is 48.0 Å². The standard InChI is InChI=1S/C15H22N2/c1-3-13(2)16-12-14-8-4-5-9-15(14)17-10-6-7-11-17/h3-5,8-9,13,16H,1,6-7,10-12H2,2H3. The molecular formula is C15H22N2. The Morgan fingerprint density at radius 1 is 1.35 bits per heavy atom. The Morgan fingerprint density at radius 3 is 2.76 bits per heavy atom. The minimum atomic E-state index is 0.363. The van der Waals surface area contributed by atoms with E-state index in [-0.39, 0.29) is 0 Å². The van der Waals surface area contributed by atoms with E-state index < -0.39 is 0 Å². The molecule has 0 saturated carbocycles. The van der Waals surface area contributed by atoms with Crippen molar-refractivity contribution in [1.29, 1.82) is 0 Å². The summed E-state index contributed by atoms with van der Waals surface area (Å²) in [6.07, 6.45) is 4.59. The molecule has 1 N–H and O–H groups in total. The third-order valence-electron chi connectivity index (χ3n) is 3.41. The summed E-state index contributed by atoms with van der Waals surface area (Å²) < 4.78 is 0. The van der Waals surface area contributed by atoms with Crippen LogP contribution < -0.4 is 10.2 Å². The maximum absolute atomic E-state index is 3.80. The molecule has 1 aromatic carbocycles. The van der Waals surface area contributed by atoms with Gasteiger partial charge in [0, 0.05) is 31.4 Å². The smallest absolute Gasteiger partial charge is 0.0411 e. The molecule has 1 aliphatic rings. The van der Waals surface area contributed by atoms with Gasteiger partial charge < -0.3 is 10.2 Å². The van der Waals surface area contributed by atoms with Gasteiger partial charge >= 0.3 is 0 Å². The van der Waals surface area contributed by atoms with Crippen LogP contribution in [0, 0.1) is 0 Å². The molecule has 1 unspecified atom stereocenters. The number of hydrogen-bond donors (Lipinski definition) is 1. The van der Waals surface area contributed by atoms with Crippen molar-refractivity contribution in [3.63, 3.8) is 0 Å². The molecule has 1 aromatic rings. The average Bonchev–Trinajstić information content (AvgIpc) is 2.90. The maximum Gasteiger partial charge on any atom is 0.0411 e. The molecular weight excluding hydrogens is 208 g/mol. The summed E-state index contributed by atoms with van der Waals surface area (Å²) in [5.74, 6) is 0. The molecule has 0 aromatic heterocycles. The minimum Gasteiger partial charge on any atom is -0.371 e. The quantitative estimate of drug-likeness (QED) is 0.782. The number of anilines is 1. The number of para-hydroxylation sites is 1. The molecule has 2 rings (SSSR count). The average molecular weight is 230 g/mol. The Labute approximate surface area is 104 Å². The van der Waals surface area contributed by atoms with Crippen LogP contribution in [0.5, 0.6) is 0 Å². The lowest BCUT2D eigenvalue weighted by atomic mass is 10.1. The van der Waals surface area contributed by atoms with E-state index in [1.165, 1.54) is 37.2 Å². The Hall–Kier alpha value is -1.28. The first-order valence-corrected chi connectivity index (χ1v) is 6.50. The summed E-state index contributed by atoms with van der Waals surface area (Å²) in [6.45, 7) is 9.25. The zero-order valence-electron chi connectivity index (χ0n) is 10.7. The van der Waals surface area contributed by atoms with Gasteiger partial charge in [0.1, 0.15) is 0 Å². The van der Waals surface area contributed by atoms with E-state index in [1.807, 2.05) is 6.08 Å². The summed E-state index contributed by atoms with van der Waals surface area (Å²) >= 11 is 0. The van der Waals surface area contributed by atoms with Gasteiger partial charge in [-0.3, -0.25) is 0 Å². The van der Waals surface area contributed by atoms with Crippen molar-refractivity contribution >= 4 is 5.69 Å². The van der Waals surface area contributed by atoms with E-state index >= 15 is 0 Å². The fourth-order valence-electron chi connectivity index (χ4n) is 2.28. The van der Waals surface area contributed by atoms with Gasteiger partial charge in [-0.25, -0.2) is 0 Å². The SMILES string of the molecule is C=CC(C)NCc1ccccc1N1CCCC1. The second-order valence-corrected chi connectivity index (χ2v) is 4.73. The van der Waals surface area contributed by atoms with Gasteiger partial charge in [-0.2, -0.15) is 0 Å². The lowest BCUT2D eigenvalue weighted by Crippen LogP contribution is -2.25. The molecule has 1 saturated heterocycles. The second-order valence-electron chi connectivity index (χ2n) is 4.73. The van der Waals surface area contributed by atoms with Crippen molar-refractivity contribution in [2.24, 2.45) is 0 Å². The van der Waals surface area contributed by atoms with Crippen LogP contribution >= 0.6 is 0 Å². The Balaban J connectivity index is 2.07. The zero-order valence-corrected chi connectivity index (χ0v) is 10.7. The minimum absolute atomic E-state index is 0.363. The third-order valence-corrected chi connectivity index (χ3v) is 3.41. The van der Waals surface area contributed by atoms with Gasteiger partial charge in [0.05, 0.1) is 0 Å². The van der Waals surface area contributed by atoms with Crippen LogP contribution in [-0.4, -0.2) is 19.1 Å². The van der Waals surface area contributed by atoms with Crippen LogP contribution in [0.15, 0.2) is 36.9 Å². The highest BCUT2D eigenvalue weighted by atomic mass is 15.1. The molecule has 1 atom stereocenters. The van der Waals surface area contributed by atoms with Crippen LogP contribution in [0.3, 0.4) is 0 Å². The van der Waals surface area contributed by atoms with Gasteiger partial charge in [-0.15, -0.1) is 6.58 Å². The van der Waals surface area contributed by atoms with Crippen LogP contribution in [0.2, 0.25) is 0 Å². The van der Waals surface area contributed by atoms with E-state index in [0.29, 0.717) is 6.04 Å². The lowest BCUT2D eigenvalue weighted by molar-refractivity contribution is 0.633. The molecule has 0 amide bonds. The zero-order chi connectivity index (χ0) is 12.1. The van der Waals surface area contributed by atoms with Crippen molar-refractivity contribution in [3.05, 3.63) is 42.5 Å². The number of nitrogens with zero attached hydrogens (tertiary/aromatic N) is 1. The first kappa shape index (κ1) is 12.2. The molecule has 0 spiro atoms. The van der Waals surface area contributed by atoms with Crippen molar-refractivity contribution < 1.29 is 0 Å². The van der Waals surface area contributed by atoms with Crippen molar-refractivity contribution in [2.45, 2.75) is 32.4 Å². The highest BCUT2D eigenvalue weighted by molar-refractivity contribution is 5.54. The van der Waals surface area contributed by atoms with Crippen molar-refractivity contribution in [3.8, 4) is 0 Å². The molecule has 2 heteroatoms. The number of rotatable bonds is 5. The summed E-state index contributed by atoms with van der Waals surface area (Å²) in [6, 6.07) is 9.07. The van der Waals surface area contributed by atoms with Gasteiger partial charge in [-0.05, 0) is 31.4 Å². The molecule has 1 aliphatic heterocycles. The van der Waals surface area contributed by atoms with Gasteiger partial charge in [-0.1, -0.05) is 24.3 Å². The Morgan fingerprint density at radius 2 is 2.06 bits per heavy atom. The van der Waals surface area contributed by atoms with Gasteiger partial charge in [0.25, 0.3) is 0 Å². The van der Waals surface area contributed by atoms with Gasteiger partial charge in [0.2, 0.25) is 0 Å². The first-order valence-electron chi connectivity index (χ1n) is 6.50. The molecule has 0 radical (unpaired) electrons. The molecule has 92 valence electrons. The van der Waals surface area contributed by atoms with Crippen LogP contribution in [0.4, 0.5) is 5.69 Å². The molecule has 17 heavy (non-hydrogen) atoms. The number of nitrogens with one attached hydrogen (secondary N) is 1. The maximum atomic E-state index is 3.80. The van der Waals surface area contributed by atoms with Crippen molar-refractivity contribution in [2.75, 3.05) is 18.0 Å². The van der Waals surface area contributed by atoms with E-state index in [9.17, 15) is 0 Å². The Kier molecular flexibility index (Phi) is 4.21. The second kappa shape index (κ2) is 5.87. The predicted molar refractivity (Wildman–Crippen MR) is 74.4 cm³/mol. The molecule has 1 fully saturated rings. The molecule has 2 nitrogen and oxygen atoms in total. The molecule has 1 heterocycles.